The van der Waals surface area contributed by atoms with Crippen LogP contribution in [0.4, 0.5) is 10.1 Å². The molecule has 1 aliphatic carbocycles. The Hall–Kier alpha value is -2.32. The van der Waals surface area contributed by atoms with Crippen LogP contribution < -0.4 is 10.3 Å². The van der Waals surface area contributed by atoms with E-state index in [1.54, 1.807) is 16.8 Å². The number of sulfonamides is 1. The fraction of sp³-hybridized carbons (Fsp3) is 0.235. The normalized spacial score (nSPS) is 14.7. The molecule has 0 spiro atoms. The number of anilines is 1. The van der Waals surface area contributed by atoms with Crippen molar-refractivity contribution in [1.29, 1.82) is 0 Å². The second kappa shape index (κ2) is 6.14. The molecule has 0 bridgehead atoms. The molecule has 136 valence electrons. The summed E-state index contributed by atoms with van der Waals surface area (Å²) in [6.45, 7) is 0.642. The van der Waals surface area contributed by atoms with Crippen LogP contribution in [0.15, 0.2) is 46.1 Å². The van der Waals surface area contributed by atoms with Crippen molar-refractivity contribution in [3.05, 3.63) is 57.6 Å². The number of aromatic amines is 1. The van der Waals surface area contributed by atoms with Crippen LogP contribution in [0.25, 0.3) is 10.9 Å². The van der Waals surface area contributed by atoms with Crippen molar-refractivity contribution >= 4 is 38.2 Å². The number of nitrogens with zero attached hydrogens (tertiary/aromatic N) is 1. The Labute approximate surface area is 153 Å². The fourth-order valence-electron chi connectivity index (χ4n) is 2.77. The van der Waals surface area contributed by atoms with Crippen molar-refractivity contribution in [1.82, 2.24) is 9.78 Å². The maximum Gasteiger partial charge on any atom is 0.274 e. The zero-order chi connectivity index (χ0) is 18.5. The fourth-order valence-corrected chi connectivity index (χ4v) is 4.09. The van der Waals surface area contributed by atoms with Crippen LogP contribution in [-0.4, -0.2) is 18.2 Å². The minimum atomic E-state index is -3.96. The van der Waals surface area contributed by atoms with E-state index in [4.69, 9.17) is 11.6 Å². The second-order valence-electron chi connectivity index (χ2n) is 6.41. The summed E-state index contributed by atoms with van der Waals surface area (Å²) in [5, 5.41) is 3.16. The van der Waals surface area contributed by atoms with Crippen molar-refractivity contribution in [2.45, 2.75) is 24.3 Å². The summed E-state index contributed by atoms with van der Waals surface area (Å²) >= 11 is 5.66. The van der Waals surface area contributed by atoms with Crippen LogP contribution in [0, 0.1) is 11.7 Å². The zero-order valence-corrected chi connectivity index (χ0v) is 15.1. The largest absolute Gasteiger partial charge is 0.295 e. The highest BCUT2D eigenvalue weighted by Crippen LogP contribution is 2.30. The van der Waals surface area contributed by atoms with Gasteiger partial charge in [-0.15, -0.1) is 0 Å². The van der Waals surface area contributed by atoms with Crippen LogP contribution in [0.2, 0.25) is 5.02 Å². The molecule has 26 heavy (non-hydrogen) atoms. The molecular weight excluding hydrogens is 381 g/mol. The highest BCUT2D eigenvalue weighted by molar-refractivity contribution is 7.92. The number of aromatic nitrogens is 2. The maximum atomic E-state index is 13.2. The van der Waals surface area contributed by atoms with Gasteiger partial charge in [0, 0.05) is 12.2 Å². The van der Waals surface area contributed by atoms with Gasteiger partial charge < -0.3 is 0 Å². The first kappa shape index (κ1) is 17.1. The molecular formula is C17H15ClFN3O3S. The van der Waals surface area contributed by atoms with Crippen LogP contribution in [-0.2, 0) is 16.6 Å². The smallest absolute Gasteiger partial charge is 0.274 e. The minimum absolute atomic E-state index is 0.163. The van der Waals surface area contributed by atoms with Gasteiger partial charge in [-0.25, -0.2) is 12.8 Å². The maximum absolute atomic E-state index is 13.2. The molecule has 4 rings (SSSR count). The van der Waals surface area contributed by atoms with Crippen LogP contribution in [0.5, 0.6) is 0 Å². The Morgan fingerprint density at radius 2 is 2.00 bits per heavy atom. The summed E-state index contributed by atoms with van der Waals surface area (Å²) in [5.74, 6) is -0.169. The molecule has 1 heterocycles. The quantitative estimate of drug-likeness (QED) is 0.695. The molecule has 0 radical (unpaired) electrons. The van der Waals surface area contributed by atoms with Gasteiger partial charge in [-0.05, 0) is 55.2 Å². The minimum Gasteiger partial charge on any atom is -0.295 e. The van der Waals surface area contributed by atoms with E-state index in [1.165, 1.54) is 6.07 Å². The van der Waals surface area contributed by atoms with Gasteiger partial charge in [-0.3, -0.25) is 19.3 Å². The van der Waals surface area contributed by atoms with Crippen LogP contribution in [0.3, 0.4) is 0 Å². The molecule has 0 aliphatic heterocycles. The van der Waals surface area contributed by atoms with Gasteiger partial charge >= 0.3 is 0 Å². The number of fused-ring (bicyclic) bond motifs is 1. The first-order valence-electron chi connectivity index (χ1n) is 8.04. The molecule has 1 fully saturated rings. The number of nitrogens with one attached hydrogen (secondary N) is 2. The molecule has 3 aromatic rings. The molecule has 2 aromatic carbocycles. The van der Waals surface area contributed by atoms with Gasteiger partial charge in [0.1, 0.15) is 5.82 Å². The highest BCUT2D eigenvalue weighted by Gasteiger charge is 2.23. The number of benzene rings is 2. The zero-order valence-electron chi connectivity index (χ0n) is 13.5. The third-order valence-corrected chi connectivity index (χ3v) is 6.01. The first-order chi connectivity index (χ1) is 12.3. The number of hydrogen-bond acceptors (Lipinski definition) is 3. The second-order valence-corrected chi connectivity index (χ2v) is 8.50. The van der Waals surface area contributed by atoms with Crippen LogP contribution in [0.1, 0.15) is 12.8 Å². The van der Waals surface area contributed by atoms with E-state index < -0.39 is 15.8 Å². The summed E-state index contributed by atoms with van der Waals surface area (Å²) in [5.41, 5.74) is 0.703. The van der Waals surface area contributed by atoms with Gasteiger partial charge in [-0.1, -0.05) is 11.6 Å². The number of hydrogen-bond donors (Lipinski definition) is 2. The van der Waals surface area contributed by atoms with Crippen molar-refractivity contribution in [3.63, 3.8) is 0 Å². The molecule has 1 aromatic heterocycles. The third-order valence-electron chi connectivity index (χ3n) is 4.34. The SMILES string of the molecule is O=c1c2cc(NS(=O)(=O)c3ccc(F)c(Cl)c3)ccc2[nH]n1CC1CC1. The topological polar surface area (TPSA) is 84.0 Å². The van der Waals surface area contributed by atoms with E-state index in [9.17, 15) is 17.6 Å². The summed E-state index contributed by atoms with van der Waals surface area (Å²) in [6.07, 6.45) is 2.24. The molecule has 1 saturated carbocycles. The van der Waals surface area contributed by atoms with E-state index in [0.29, 0.717) is 23.4 Å². The van der Waals surface area contributed by atoms with E-state index >= 15 is 0 Å². The van der Waals surface area contributed by atoms with Crippen molar-refractivity contribution in [3.8, 4) is 0 Å². The first-order valence-corrected chi connectivity index (χ1v) is 9.90. The van der Waals surface area contributed by atoms with E-state index in [0.717, 1.165) is 31.0 Å². The van der Waals surface area contributed by atoms with Crippen molar-refractivity contribution < 1.29 is 12.8 Å². The molecule has 0 atom stereocenters. The molecule has 0 amide bonds. The summed E-state index contributed by atoms with van der Waals surface area (Å²) in [7, 11) is -3.96. The predicted molar refractivity (Wildman–Crippen MR) is 97.5 cm³/mol. The lowest BCUT2D eigenvalue weighted by Gasteiger charge is -2.08. The van der Waals surface area contributed by atoms with Gasteiger partial charge in [-0.2, -0.15) is 0 Å². The summed E-state index contributed by atoms with van der Waals surface area (Å²) < 4.78 is 42.1. The van der Waals surface area contributed by atoms with Crippen molar-refractivity contribution in [2.75, 3.05) is 4.72 Å². The van der Waals surface area contributed by atoms with E-state index in [1.807, 2.05) is 0 Å². The lowest BCUT2D eigenvalue weighted by molar-refractivity contribution is 0.553. The number of H-pyrrole nitrogens is 1. The van der Waals surface area contributed by atoms with E-state index in [2.05, 4.69) is 9.82 Å². The van der Waals surface area contributed by atoms with Gasteiger partial charge in [0.2, 0.25) is 0 Å². The Bertz CT molecular complexity index is 1170. The third kappa shape index (κ3) is 3.22. The molecule has 6 nitrogen and oxygen atoms in total. The Morgan fingerprint density at radius 1 is 1.23 bits per heavy atom. The van der Waals surface area contributed by atoms with Crippen molar-refractivity contribution in [2.24, 2.45) is 5.92 Å². The lowest BCUT2D eigenvalue weighted by atomic mass is 10.2. The molecule has 1 aliphatic rings. The molecule has 9 heteroatoms. The summed E-state index contributed by atoms with van der Waals surface area (Å²) in [6, 6.07) is 7.85. The average Bonchev–Trinajstić information content (AvgIpc) is 3.35. The Kier molecular flexibility index (Phi) is 4.04. The molecule has 2 N–H and O–H groups in total. The summed E-state index contributed by atoms with van der Waals surface area (Å²) in [4.78, 5) is 12.3. The van der Waals surface area contributed by atoms with Crippen LogP contribution >= 0.6 is 11.6 Å². The van der Waals surface area contributed by atoms with E-state index in [-0.39, 0.29) is 21.2 Å². The molecule has 0 unspecified atom stereocenters. The van der Waals surface area contributed by atoms with Gasteiger partial charge in [0.05, 0.1) is 20.8 Å². The monoisotopic (exact) mass is 395 g/mol. The number of rotatable bonds is 5. The molecule has 0 saturated heterocycles. The number of halogens is 2. The lowest BCUT2D eigenvalue weighted by Crippen LogP contribution is -2.17. The standard InChI is InChI=1S/C17H15ClFN3O3S/c18-14-8-12(4-5-15(14)19)26(24,25)21-11-3-6-16-13(7-11)17(23)22(20-16)9-10-1-2-10/h3-8,10,20-21H,1-2,9H2. The average molecular weight is 396 g/mol. The van der Waals surface area contributed by atoms with Gasteiger partial charge in [0.25, 0.3) is 15.6 Å². The van der Waals surface area contributed by atoms with Gasteiger partial charge in [0.15, 0.2) is 0 Å². The Balaban J connectivity index is 1.66. The Morgan fingerprint density at radius 3 is 2.69 bits per heavy atom. The highest BCUT2D eigenvalue weighted by atomic mass is 35.5. The predicted octanol–water partition coefficient (Wildman–Crippen LogP) is 3.33.